The molecule has 174 valence electrons. The summed E-state index contributed by atoms with van der Waals surface area (Å²) in [5.41, 5.74) is 2.93. The van der Waals surface area contributed by atoms with E-state index in [0.717, 1.165) is 16.5 Å². The predicted molar refractivity (Wildman–Crippen MR) is 125 cm³/mol. The summed E-state index contributed by atoms with van der Waals surface area (Å²) in [6.07, 6.45) is -0.998. The molecule has 34 heavy (non-hydrogen) atoms. The quantitative estimate of drug-likeness (QED) is 0.239. The number of aromatic nitrogens is 1. The summed E-state index contributed by atoms with van der Waals surface area (Å²) in [4.78, 5) is 26.0. The first-order valence-electron chi connectivity index (χ1n) is 10.7. The molecule has 0 N–H and O–H groups in total. The molecule has 0 aliphatic heterocycles. The minimum atomic E-state index is -2.90. The van der Waals surface area contributed by atoms with Crippen molar-refractivity contribution in [3.05, 3.63) is 95.3 Å². The Bertz CT molecular complexity index is 1350. The van der Waals surface area contributed by atoms with Crippen molar-refractivity contribution in [3.63, 3.8) is 0 Å². The number of fused-ring (bicyclic) bond motifs is 1. The van der Waals surface area contributed by atoms with Gasteiger partial charge in [0.25, 0.3) is 0 Å². The maximum absolute atomic E-state index is 13.2. The Hall–Kier alpha value is -4.00. The molecule has 1 atom stereocenters. The lowest BCUT2D eigenvalue weighted by molar-refractivity contribution is -0.0498. The number of Topliss-reactive ketones (excluding diaryl/α,β-unsaturated/α-hetero) is 1. The standard InChI is InChI=1S/C27H23F2NO4/c1-16-15-24(17(2)30(16)20-11-13-21(14-12-20)34-27(28)29)25(31)18(3)33-26(32)23-10-6-8-19-7-4-5-9-22(19)23/h4-15,18,27H,1-3H3. The second-order valence-corrected chi connectivity index (χ2v) is 7.93. The van der Waals surface area contributed by atoms with Gasteiger partial charge in [0.1, 0.15) is 5.75 Å². The minimum absolute atomic E-state index is 0.0477. The summed E-state index contributed by atoms with van der Waals surface area (Å²) < 4.78 is 36.6. The molecule has 3 aromatic carbocycles. The van der Waals surface area contributed by atoms with Crippen molar-refractivity contribution < 1.29 is 27.8 Å². The Labute approximate surface area is 195 Å². The zero-order chi connectivity index (χ0) is 24.4. The number of halogens is 2. The molecule has 7 heteroatoms. The van der Waals surface area contributed by atoms with Gasteiger partial charge in [-0.1, -0.05) is 36.4 Å². The van der Waals surface area contributed by atoms with Crippen LogP contribution in [0.1, 0.15) is 39.0 Å². The van der Waals surface area contributed by atoms with Crippen molar-refractivity contribution >= 4 is 22.5 Å². The lowest BCUT2D eigenvalue weighted by atomic mass is 10.0. The van der Waals surface area contributed by atoms with Crippen LogP contribution >= 0.6 is 0 Å². The van der Waals surface area contributed by atoms with Crippen LogP contribution < -0.4 is 4.74 Å². The van der Waals surface area contributed by atoms with Crippen LogP contribution in [0.15, 0.2) is 72.8 Å². The van der Waals surface area contributed by atoms with Gasteiger partial charge in [0.05, 0.1) is 5.56 Å². The van der Waals surface area contributed by atoms with Crippen molar-refractivity contribution in [1.82, 2.24) is 4.57 Å². The summed E-state index contributed by atoms with van der Waals surface area (Å²) in [7, 11) is 0. The molecular formula is C27H23F2NO4. The van der Waals surface area contributed by atoms with E-state index in [1.807, 2.05) is 41.8 Å². The lowest BCUT2D eigenvalue weighted by Crippen LogP contribution is -2.25. The lowest BCUT2D eigenvalue weighted by Gasteiger charge is -2.14. The average Bonchev–Trinajstić information content (AvgIpc) is 3.12. The summed E-state index contributed by atoms with van der Waals surface area (Å²) in [5, 5.41) is 1.66. The maximum Gasteiger partial charge on any atom is 0.387 e. The van der Waals surface area contributed by atoms with Gasteiger partial charge in [-0.15, -0.1) is 0 Å². The number of rotatable bonds is 7. The highest BCUT2D eigenvalue weighted by Gasteiger charge is 2.25. The highest BCUT2D eigenvalue weighted by Crippen LogP contribution is 2.25. The van der Waals surface area contributed by atoms with Gasteiger partial charge in [0.15, 0.2) is 6.10 Å². The molecular weight excluding hydrogens is 440 g/mol. The number of alkyl halides is 2. The number of carbonyl (C=O) groups is 2. The number of carbonyl (C=O) groups excluding carboxylic acids is 2. The number of esters is 1. The molecule has 0 fully saturated rings. The number of hydrogen-bond donors (Lipinski definition) is 0. The number of hydrogen-bond acceptors (Lipinski definition) is 4. The molecule has 5 nitrogen and oxygen atoms in total. The Morgan fingerprint density at radius 2 is 1.56 bits per heavy atom. The summed E-state index contributed by atoms with van der Waals surface area (Å²) >= 11 is 0. The van der Waals surface area contributed by atoms with E-state index >= 15 is 0 Å². The predicted octanol–water partition coefficient (Wildman–Crippen LogP) is 6.28. The molecule has 0 aliphatic rings. The van der Waals surface area contributed by atoms with Gasteiger partial charge >= 0.3 is 12.6 Å². The molecule has 1 unspecified atom stereocenters. The molecule has 0 aliphatic carbocycles. The monoisotopic (exact) mass is 463 g/mol. The van der Waals surface area contributed by atoms with Crippen LogP contribution in [0.2, 0.25) is 0 Å². The molecule has 1 aromatic heterocycles. The van der Waals surface area contributed by atoms with E-state index in [4.69, 9.17) is 4.74 Å². The minimum Gasteiger partial charge on any atom is -0.451 e. The van der Waals surface area contributed by atoms with Crippen molar-refractivity contribution in [2.45, 2.75) is 33.5 Å². The third-order valence-corrected chi connectivity index (χ3v) is 5.68. The molecule has 0 bridgehead atoms. The van der Waals surface area contributed by atoms with Gasteiger partial charge < -0.3 is 14.0 Å². The number of aryl methyl sites for hydroxylation is 1. The number of benzene rings is 3. The number of nitrogens with zero attached hydrogens (tertiary/aromatic N) is 1. The molecule has 1 heterocycles. The Morgan fingerprint density at radius 1 is 0.882 bits per heavy atom. The fraction of sp³-hybridized carbons (Fsp3) is 0.185. The summed E-state index contributed by atoms with van der Waals surface area (Å²) in [5.74, 6) is -0.849. The van der Waals surface area contributed by atoms with Crippen LogP contribution in [0.3, 0.4) is 0 Å². The van der Waals surface area contributed by atoms with Gasteiger partial charge in [-0.3, -0.25) is 4.79 Å². The van der Waals surface area contributed by atoms with Gasteiger partial charge in [0, 0.05) is 22.6 Å². The fourth-order valence-electron chi connectivity index (χ4n) is 4.09. The van der Waals surface area contributed by atoms with E-state index in [-0.39, 0.29) is 11.5 Å². The third-order valence-electron chi connectivity index (χ3n) is 5.68. The smallest absolute Gasteiger partial charge is 0.387 e. The van der Waals surface area contributed by atoms with Crippen LogP contribution in [0.25, 0.3) is 16.5 Å². The molecule has 4 rings (SSSR count). The molecule has 0 saturated heterocycles. The normalized spacial score (nSPS) is 12.1. The molecule has 4 aromatic rings. The van der Waals surface area contributed by atoms with E-state index < -0.39 is 18.7 Å². The largest absolute Gasteiger partial charge is 0.451 e. The van der Waals surface area contributed by atoms with Crippen LogP contribution in [0.4, 0.5) is 8.78 Å². The van der Waals surface area contributed by atoms with Gasteiger partial charge in [-0.25, -0.2) is 4.79 Å². The van der Waals surface area contributed by atoms with Crippen LogP contribution in [0, 0.1) is 13.8 Å². The van der Waals surface area contributed by atoms with E-state index in [9.17, 15) is 18.4 Å². The molecule has 0 amide bonds. The number of ketones is 1. The third kappa shape index (κ3) is 4.55. The van der Waals surface area contributed by atoms with Gasteiger partial charge in [-0.2, -0.15) is 8.78 Å². The van der Waals surface area contributed by atoms with Crippen molar-refractivity contribution in [3.8, 4) is 11.4 Å². The second-order valence-electron chi connectivity index (χ2n) is 7.93. The molecule has 0 spiro atoms. The first-order valence-corrected chi connectivity index (χ1v) is 10.7. The Kier molecular flexibility index (Phi) is 6.45. The molecule has 0 radical (unpaired) electrons. The first-order chi connectivity index (χ1) is 16.3. The van der Waals surface area contributed by atoms with E-state index in [0.29, 0.717) is 22.5 Å². The second kappa shape index (κ2) is 9.47. The highest BCUT2D eigenvalue weighted by molar-refractivity contribution is 6.07. The number of ether oxygens (including phenoxy) is 2. The summed E-state index contributed by atoms with van der Waals surface area (Å²) in [6, 6.07) is 20.7. The topological polar surface area (TPSA) is 57.5 Å². The van der Waals surface area contributed by atoms with Crippen molar-refractivity contribution in [2.24, 2.45) is 0 Å². The summed E-state index contributed by atoms with van der Waals surface area (Å²) in [6.45, 7) is 2.26. The Morgan fingerprint density at radius 3 is 2.26 bits per heavy atom. The van der Waals surface area contributed by atoms with E-state index in [1.54, 1.807) is 44.2 Å². The highest BCUT2D eigenvalue weighted by atomic mass is 19.3. The van der Waals surface area contributed by atoms with Gasteiger partial charge in [-0.05, 0) is 67.9 Å². The molecule has 0 saturated carbocycles. The van der Waals surface area contributed by atoms with Crippen molar-refractivity contribution in [2.75, 3.05) is 0 Å². The first kappa shape index (κ1) is 23.2. The van der Waals surface area contributed by atoms with Crippen LogP contribution in [-0.4, -0.2) is 29.0 Å². The maximum atomic E-state index is 13.2. The zero-order valence-electron chi connectivity index (χ0n) is 18.9. The van der Waals surface area contributed by atoms with Crippen LogP contribution in [-0.2, 0) is 4.74 Å². The Balaban J connectivity index is 1.55. The van der Waals surface area contributed by atoms with Crippen molar-refractivity contribution in [1.29, 1.82) is 0 Å². The fourth-order valence-corrected chi connectivity index (χ4v) is 4.09. The average molecular weight is 463 g/mol. The van der Waals surface area contributed by atoms with E-state index in [1.165, 1.54) is 12.1 Å². The SMILES string of the molecule is Cc1cc(C(=O)C(C)OC(=O)c2cccc3ccccc23)c(C)n1-c1ccc(OC(F)F)cc1. The van der Waals surface area contributed by atoms with E-state index in [2.05, 4.69) is 4.74 Å². The van der Waals surface area contributed by atoms with Crippen LogP contribution in [0.5, 0.6) is 5.75 Å². The van der Waals surface area contributed by atoms with Gasteiger partial charge in [0.2, 0.25) is 5.78 Å². The zero-order valence-corrected chi connectivity index (χ0v) is 18.9.